The molecule has 1 saturated heterocycles. The van der Waals surface area contributed by atoms with E-state index < -0.39 is 77.3 Å². The molecular formula is C60H88F2N14O13. The van der Waals surface area contributed by atoms with Gasteiger partial charge in [-0.1, -0.05) is 49.7 Å². The topological polar surface area (TPSA) is 357 Å². The van der Waals surface area contributed by atoms with E-state index in [-0.39, 0.29) is 103 Å². The highest BCUT2D eigenvalue weighted by molar-refractivity contribution is 5.92. The number of guanidine groups is 1. The third kappa shape index (κ3) is 27.0. The molecule has 29 heteroatoms. The van der Waals surface area contributed by atoms with Crippen LogP contribution in [0.4, 0.5) is 13.6 Å². The number of benzene rings is 3. The number of carboxylic acid groups (broad SMARTS) is 3. The smallest absolute Gasteiger partial charge is 0.344 e. The molecule has 1 fully saturated rings. The van der Waals surface area contributed by atoms with Crippen LogP contribution < -0.4 is 42.4 Å². The number of rotatable bonds is 34. The summed E-state index contributed by atoms with van der Waals surface area (Å²) in [7, 11) is 2.02. The summed E-state index contributed by atoms with van der Waals surface area (Å²) < 4.78 is 35.6. The number of halogens is 2. The molecule has 27 nitrogen and oxygen atoms in total. The lowest BCUT2D eigenvalue weighted by Crippen LogP contribution is -2.50. The number of unbranched alkanes of at least 4 members (excludes halogenated alkanes) is 2. The van der Waals surface area contributed by atoms with E-state index in [2.05, 4.69) is 41.8 Å². The number of hydrogen-bond donors (Lipinski definition) is 11. The molecule has 490 valence electrons. The number of urea groups is 1. The molecule has 6 amide bonds. The van der Waals surface area contributed by atoms with E-state index in [4.69, 9.17) is 10.5 Å². The number of amides is 6. The largest absolute Gasteiger partial charge is 0.508 e. The molecule has 12 N–H and O–H groups in total. The number of nitrogens with one attached hydrogen (secondary N) is 6. The summed E-state index contributed by atoms with van der Waals surface area (Å²) in [5.41, 5.74) is 8.12. The van der Waals surface area contributed by atoms with Gasteiger partial charge in [-0.25, -0.2) is 13.6 Å². The first-order valence-electron chi connectivity index (χ1n) is 30.1. The quantitative estimate of drug-likeness (QED) is 0.0225. The van der Waals surface area contributed by atoms with E-state index in [0.29, 0.717) is 76.6 Å². The molecule has 0 radical (unpaired) electrons. The molecule has 2 aliphatic rings. The molecule has 0 aliphatic carbocycles. The van der Waals surface area contributed by atoms with Gasteiger partial charge in [0.2, 0.25) is 23.6 Å². The summed E-state index contributed by atoms with van der Waals surface area (Å²) in [5.74, 6) is -7.12. The van der Waals surface area contributed by atoms with Gasteiger partial charge in [0.1, 0.15) is 35.2 Å². The zero-order valence-electron chi connectivity index (χ0n) is 50.9. The highest BCUT2D eigenvalue weighted by Crippen LogP contribution is 2.33. The van der Waals surface area contributed by atoms with Crippen LogP contribution >= 0.6 is 0 Å². The third-order valence-corrected chi connectivity index (χ3v) is 15.0. The number of carboxylic acids is 3. The molecular weight excluding hydrogens is 1160 g/mol. The second kappa shape index (κ2) is 38.3. The van der Waals surface area contributed by atoms with E-state index in [1.54, 1.807) is 45.9 Å². The van der Waals surface area contributed by atoms with Crippen LogP contribution in [0.1, 0.15) is 80.2 Å². The van der Waals surface area contributed by atoms with Crippen molar-refractivity contribution in [2.45, 2.75) is 83.6 Å². The molecule has 2 atom stereocenters. The first-order chi connectivity index (χ1) is 42.6. The zero-order valence-corrected chi connectivity index (χ0v) is 50.9. The Balaban J connectivity index is 1.10. The van der Waals surface area contributed by atoms with E-state index in [9.17, 15) is 67.6 Å². The van der Waals surface area contributed by atoms with Crippen molar-refractivity contribution in [3.63, 3.8) is 0 Å². The Labute approximate surface area is 517 Å². The Bertz CT molecular complexity index is 2760. The zero-order chi connectivity index (χ0) is 64.7. The van der Waals surface area contributed by atoms with Gasteiger partial charge in [-0.15, -0.1) is 0 Å². The van der Waals surface area contributed by atoms with Gasteiger partial charge in [0.25, 0.3) is 0 Å². The number of aliphatic carboxylic acids is 3. The fraction of sp³-hybridized carbons (Fsp3) is 0.550. The summed E-state index contributed by atoms with van der Waals surface area (Å²) >= 11 is 0. The van der Waals surface area contributed by atoms with Crippen LogP contribution in [-0.2, 0) is 53.2 Å². The number of fused-ring (bicyclic) bond motifs is 1. The van der Waals surface area contributed by atoms with E-state index in [0.717, 1.165) is 55.6 Å². The van der Waals surface area contributed by atoms with Crippen LogP contribution in [0.3, 0.4) is 0 Å². The van der Waals surface area contributed by atoms with Crippen molar-refractivity contribution in [1.82, 2.24) is 61.3 Å². The first kappa shape index (κ1) is 71.7. The Hall–Kier alpha value is -8.09. The maximum atomic E-state index is 14.7. The lowest BCUT2D eigenvalue weighted by atomic mass is 10.0. The van der Waals surface area contributed by atoms with Crippen LogP contribution in [0, 0.1) is 11.6 Å². The van der Waals surface area contributed by atoms with Crippen LogP contribution in [-0.4, -0.2) is 241 Å². The molecule has 2 aliphatic heterocycles. The predicted octanol–water partition coefficient (Wildman–Crippen LogP) is 0.911. The first-order valence-corrected chi connectivity index (χ1v) is 30.1. The van der Waals surface area contributed by atoms with Gasteiger partial charge in [0.05, 0.1) is 32.8 Å². The number of nitrogens with two attached hydrogens (primary N) is 1. The average Bonchev–Trinajstić information content (AvgIpc) is 1.79. The van der Waals surface area contributed by atoms with E-state index >= 15 is 0 Å². The van der Waals surface area contributed by atoms with Crippen LogP contribution in [0.25, 0.3) is 0 Å². The number of aromatic hydroxyl groups is 1. The molecule has 3 aromatic rings. The Kier molecular flexibility index (Phi) is 30.9. The van der Waals surface area contributed by atoms with E-state index in [1.807, 2.05) is 41.1 Å². The minimum Gasteiger partial charge on any atom is -0.508 e. The number of phenols is 1. The summed E-state index contributed by atoms with van der Waals surface area (Å²) in [5, 5.41) is 54.5. The van der Waals surface area contributed by atoms with Crippen LogP contribution in [0.2, 0.25) is 0 Å². The average molecular weight is 1250 g/mol. The van der Waals surface area contributed by atoms with Gasteiger partial charge in [-0.2, -0.15) is 4.99 Å². The van der Waals surface area contributed by atoms with Gasteiger partial charge >= 0.3 is 23.9 Å². The second-order valence-corrected chi connectivity index (χ2v) is 22.0. The Morgan fingerprint density at radius 1 is 0.629 bits per heavy atom. The molecule has 0 saturated carbocycles. The number of hydrogen-bond acceptors (Lipinski definition) is 16. The number of carbonyl (C=O) groups is 8. The maximum absolute atomic E-state index is 14.7. The normalized spacial score (nSPS) is 15.6. The Morgan fingerprint density at radius 3 is 1.70 bits per heavy atom. The van der Waals surface area contributed by atoms with Gasteiger partial charge in [-0.3, -0.25) is 58.1 Å². The summed E-state index contributed by atoms with van der Waals surface area (Å²) in [4.78, 5) is 115. The molecule has 3 aromatic carbocycles. The molecule has 0 aromatic heterocycles. The minimum atomic E-state index is -1.22. The number of carbonyl (C=O) groups excluding carboxylic acids is 5. The van der Waals surface area contributed by atoms with E-state index in [1.165, 1.54) is 0 Å². The fourth-order valence-corrected chi connectivity index (χ4v) is 10.2. The number of ether oxygens (including phenoxy) is 1. The molecule has 89 heavy (non-hydrogen) atoms. The number of nitrogens with zero attached hydrogens (tertiary/aromatic N) is 7. The highest BCUT2D eigenvalue weighted by atomic mass is 19.1. The number of phenolic OH excluding ortho intramolecular Hbond substituents is 1. The molecule has 5 rings (SSSR count). The lowest BCUT2D eigenvalue weighted by Gasteiger charge is -2.32. The predicted molar refractivity (Wildman–Crippen MR) is 325 cm³/mol. The lowest BCUT2D eigenvalue weighted by molar-refractivity contribution is -0.140. The summed E-state index contributed by atoms with van der Waals surface area (Å²) in [6.45, 7) is 6.59. The van der Waals surface area contributed by atoms with Gasteiger partial charge in [0, 0.05) is 129 Å². The molecule has 0 unspecified atom stereocenters. The molecule has 0 spiro atoms. The third-order valence-electron chi connectivity index (χ3n) is 15.0. The van der Waals surface area contributed by atoms with Crippen molar-refractivity contribution in [2.75, 3.05) is 131 Å². The second-order valence-electron chi connectivity index (χ2n) is 22.0. The SMILES string of the molecule is CCC(=O)NCCNC(=O)/N=C(/N)NCCC[C@@H](NC(=O)[C@H](c1ccc(OCCCN(C)CCCCCNC(=O)CN2CCN(CC(=O)O)CCN(CC(=O)O)CCN(CC(=O)O)CC2)cc1)N1Cc2ccccc2C1)C(=O)NCc1c(F)cc(O)cc1F. The fourth-order valence-electron chi connectivity index (χ4n) is 10.2. The van der Waals surface area contributed by atoms with Gasteiger partial charge < -0.3 is 67.7 Å². The van der Waals surface area contributed by atoms with Crippen molar-refractivity contribution in [3.8, 4) is 11.5 Å². The molecule has 0 bridgehead atoms. The summed E-state index contributed by atoms with van der Waals surface area (Å²) in [6.07, 6.45) is 3.73. The standard InChI is InChI=1S/C60H88F2N14O13/c1-3-51(78)65-20-21-67-60(88)70-59(63)66-19-9-13-50(57(86)68-35-47-48(61)33-45(77)34-49(47)62)69-58(87)56(76-36-43-11-5-6-12-44(43)37-76)42-14-16-46(17-15-42)89-32-10-23-71(2)22-8-4-7-18-64-52(79)38-72-24-26-73(39-53(80)81)28-30-75(41-55(84)85)31-29-74(27-25-72)40-54(82)83/h5-6,11-12,14-17,33-34,50,56,77H,3-4,7-10,13,18-32,35-41H2,1-2H3,(H,64,79)(H,65,78)(H,68,86)(H,69,87)(H,80,81)(H,82,83)(H,84,85)(H4,63,66,67,70,88)/t50-,56+/m1/s1. The monoisotopic (exact) mass is 1250 g/mol. The van der Waals surface area contributed by atoms with Gasteiger partial charge in [0.15, 0.2) is 5.96 Å². The van der Waals surface area contributed by atoms with Crippen molar-refractivity contribution in [3.05, 3.63) is 94.6 Å². The number of aliphatic imine (C=N–C) groups is 1. The highest BCUT2D eigenvalue weighted by Gasteiger charge is 2.35. The van der Waals surface area contributed by atoms with Crippen molar-refractivity contribution < 1.29 is 72.3 Å². The van der Waals surface area contributed by atoms with Gasteiger partial charge in [-0.05, 0) is 74.5 Å². The minimum absolute atomic E-state index is 0.0147. The maximum Gasteiger partial charge on any atom is 0.344 e. The summed E-state index contributed by atoms with van der Waals surface area (Å²) in [6, 6.07) is 13.5. The van der Waals surface area contributed by atoms with Crippen LogP contribution in [0.15, 0.2) is 65.7 Å². The van der Waals surface area contributed by atoms with Crippen molar-refractivity contribution in [1.29, 1.82) is 0 Å². The van der Waals surface area contributed by atoms with Crippen molar-refractivity contribution >= 4 is 53.5 Å². The Morgan fingerprint density at radius 2 is 1.15 bits per heavy atom. The van der Waals surface area contributed by atoms with Crippen molar-refractivity contribution in [2.24, 2.45) is 10.7 Å². The van der Waals surface area contributed by atoms with Crippen LogP contribution in [0.5, 0.6) is 11.5 Å². The molecule has 2 heterocycles.